The zero-order chi connectivity index (χ0) is 26.8. The number of nitrogens with one attached hydrogen (secondary N) is 3. The number of alkyl halides is 6. The molecule has 0 unspecified atom stereocenters. The van der Waals surface area contributed by atoms with Crippen molar-refractivity contribution in [1.29, 1.82) is 5.41 Å². The van der Waals surface area contributed by atoms with E-state index in [-0.39, 0.29) is 25.6 Å². The summed E-state index contributed by atoms with van der Waals surface area (Å²) in [5, 5.41) is 32.6. The van der Waals surface area contributed by atoms with Crippen LogP contribution in [0.5, 0.6) is 0 Å². The molecule has 0 spiro atoms. The van der Waals surface area contributed by atoms with Crippen molar-refractivity contribution in [3.8, 4) is 0 Å². The number of hydrogen-bond acceptors (Lipinski definition) is 8. The molecule has 0 fully saturated rings. The third kappa shape index (κ3) is 24.8. The number of aliphatic carboxylic acids is 3. The number of carbonyl (C=O) groups is 4. The van der Waals surface area contributed by atoms with Gasteiger partial charge in [0, 0.05) is 6.54 Å². The second-order valence-electron chi connectivity index (χ2n) is 5.19. The average molecular weight is 504 g/mol. The lowest BCUT2D eigenvalue weighted by molar-refractivity contribution is -0.193. The van der Waals surface area contributed by atoms with E-state index < -0.39 is 42.3 Å². The van der Waals surface area contributed by atoms with Crippen LogP contribution in [0.2, 0.25) is 0 Å². The third-order valence-corrected chi connectivity index (χ3v) is 2.49. The highest BCUT2D eigenvalue weighted by Crippen LogP contribution is 2.13. The molecule has 19 heteroatoms. The SMILES string of the molecule is CCOC(=O)CON[C@@H](CCCNC(=N)N)C(=O)O.O=C(O)C(F)(F)F.O=C(O)C(F)(F)F. The molecule has 0 heterocycles. The molecule has 8 N–H and O–H groups in total. The van der Waals surface area contributed by atoms with Gasteiger partial charge < -0.3 is 31.1 Å². The van der Waals surface area contributed by atoms with Gasteiger partial charge in [0.15, 0.2) is 12.6 Å². The highest BCUT2D eigenvalue weighted by atomic mass is 19.4. The van der Waals surface area contributed by atoms with E-state index >= 15 is 0 Å². The second-order valence-corrected chi connectivity index (χ2v) is 5.19. The van der Waals surface area contributed by atoms with Gasteiger partial charge in [-0.1, -0.05) is 0 Å². The molecule has 13 nitrogen and oxygen atoms in total. The molecule has 0 bridgehead atoms. The van der Waals surface area contributed by atoms with Crippen LogP contribution in [-0.2, 0) is 28.8 Å². The fourth-order valence-corrected chi connectivity index (χ4v) is 1.17. The second kappa shape index (κ2) is 17.2. The first-order valence-electron chi connectivity index (χ1n) is 8.30. The van der Waals surface area contributed by atoms with Crippen LogP contribution in [0.15, 0.2) is 0 Å². The number of carboxylic acid groups (broad SMARTS) is 3. The van der Waals surface area contributed by atoms with Gasteiger partial charge in [-0.2, -0.15) is 31.8 Å². The van der Waals surface area contributed by atoms with E-state index in [9.17, 15) is 35.9 Å². The summed E-state index contributed by atoms with van der Waals surface area (Å²) in [5.74, 6) is -7.34. The van der Waals surface area contributed by atoms with Gasteiger partial charge in [0.2, 0.25) is 0 Å². The number of carbonyl (C=O) groups excluding carboxylic acids is 1. The Morgan fingerprint density at radius 2 is 1.42 bits per heavy atom. The molecular weight excluding hydrogens is 482 g/mol. The highest BCUT2D eigenvalue weighted by Gasteiger charge is 2.38. The molecule has 33 heavy (non-hydrogen) atoms. The summed E-state index contributed by atoms with van der Waals surface area (Å²) in [6, 6.07) is -0.941. The maximum atomic E-state index is 10.9. The van der Waals surface area contributed by atoms with Crippen LogP contribution in [0.4, 0.5) is 26.3 Å². The first kappa shape index (κ1) is 34.3. The lowest BCUT2D eigenvalue weighted by atomic mass is 10.2. The van der Waals surface area contributed by atoms with E-state index in [1.807, 2.05) is 0 Å². The fraction of sp³-hybridized carbons (Fsp3) is 0.643. The van der Waals surface area contributed by atoms with Crippen LogP contribution in [0.25, 0.3) is 0 Å². The number of esters is 1. The summed E-state index contributed by atoms with van der Waals surface area (Å²) < 4.78 is 68.1. The fourth-order valence-electron chi connectivity index (χ4n) is 1.17. The number of nitrogens with two attached hydrogens (primary N) is 1. The summed E-state index contributed by atoms with van der Waals surface area (Å²) in [4.78, 5) is 44.4. The number of hydrogen-bond donors (Lipinski definition) is 7. The zero-order valence-electron chi connectivity index (χ0n) is 16.7. The summed E-state index contributed by atoms with van der Waals surface area (Å²) in [6.45, 7) is 1.93. The maximum Gasteiger partial charge on any atom is 0.490 e. The number of rotatable bonds is 10. The van der Waals surface area contributed by atoms with Crippen molar-refractivity contribution in [2.75, 3.05) is 19.8 Å². The Balaban J connectivity index is -0.000000524. The summed E-state index contributed by atoms with van der Waals surface area (Å²) in [5.41, 5.74) is 7.36. The van der Waals surface area contributed by atoms with Gasteiger partial charge in [-0.05, 0) is 19.8 Å². The Hall–Kier alpha value is -3.35. The Bertz CT molecular complexity index is 620. The molecule has 0 aromatic rings. The molecule has 0 aromatic heterocycles. The van der Waals surface area contributed by atoms with Gasteiger partial charge in [-0.3, -0.25) is 15.0 Å². The van der Waals surface area contributed by atoms with Crippen molar-refractivity contribution in [1.82, 2.24) is 10.8 Å². The predicted molar refractivity (Wildman–Crippen MR) is 93.7 cm³/mol. The van der Waals surface area contributed by atoms with Crippen LogP contribution in [0, 0.1) is 5.41 Å². The highest BCUT2D eigenvalue weighted by molar-refractivity contribution is 5.75. The smallest absolute Gasteiger partial charge is 0.480 e. The van der Waals surface area contributed by atoms with Gasteiger partial charge in [0.25, 0.3) is 0 Å². The van der Waals surface area contributed by atoms with E-state index in [1.165, 1.54) is 0 Å². The standard InChI is InChI=1S/C10H20N4O5.2C2HF3O2/c1-2-18-8(15)6-19-14-7(9(16)17)4-3-5-13-10(11)12;2*3-2(4,5)1(6)7/h7,14H,2-6H2,1H3,(H,16,17)(H4,11,12,13);2*(H,6,7)/t7-;;/m0../s1. The molecule has 0 rings (SSSR count). The molecule has 0 saturated heterocycles. The average Bonchev–Trinajstić information content (AvgIpc) is 2.62. The van der Waals surface area contributed by atoms with Gasteiger partial charge in [-0.25, -0.2) is 14.4 Å². The van der Waals surface area contributed by atoms with E-state index in [1.54, 1.807) is 6.92 Å². The lowest BCUT2D eigenvalue weighted by Crippen LogP contribution is -2.39. The molecule has 194 valence electrons. The molecule has 0 aliphatic carbocycles. The van der Waals surface area contributed by atoms with Gasteiger partial charge in [0.05, 0.1) is 6.61 Å². The quantitative estimate of drug-likeness (QED) is 0.0524. The van der Waals surface area contributed by atoms with Crippen LogP contribution < -0.4 is 16.5 Å². The van der Waals surface area contributed by atoms with E-state index in [4.69, 9.17) is 40.9 Å². The normalized spacial score (nSPS) is 11.5. The predicted octanol–water partition coefficient (Wildman–Crippen LogP) is 0.0538. The largest absolute Gasteiger partial charge is 0.490 e. The van der Waals surface area contributed by atoms with Crippen molar-refractivity contribution in [3.63, 3.8) is 0 Å². The molecule has 0 saturated carbocycles. The molecular formula is C14H22F6N4O9. The van der Waals surface area contributed by atoms with Crippen molar-refractivity contribution < 1.29 is 70.4 Å². The van der Waals surface area contributed by atoms with Crippen LogP contribution in [-0.4, -0.2) is 83.3 Å². The number of ether oxygens (including phenoxy) is 1. The van der Waals surface area contributed by atoms with Crippen LogP contribution in [0.1, 0.15) is 19.8 Å². The molecule has 0 aliphatic rings. The number of guanidine groups is 1. The van der Waals surface area contributed by atoms with Crippen molar-refractivity contribution in [2.45, 2.75) is 38.2 Å². The lowest BCUT2D eigenvalue weighted by Gasteiger charge is -2.14. The third-order valence-electron chi connectivity index (χ3n) is 2.49. The van der Waals surface area contributed by atoms with Crippen molar-refractivity contribution in [2.24, 2.45) is 5.73 Å². The number of hydroxylamine groups is 1. The minimum Gasteiger partial charge on any atom is -0.480 e. The number of carboxylic acids is 3. The molecule has 0 aliphatic heterocycles. The molecule has 0 aromatic carbocycles. The topological polar surface area (TPSA) is 221 Å². The van der Waals surface area contributed by atoms with Gasteiger partial charge in [-0.15, -0.1) is 0 Å². The van der Waals surface area contributed by atoms with Crippen LogP contribution >= 0.6 is 0 Å². The Labute approximate surface area is 181 Å². The van der Waals surface area contributed by atoms with Crippen molar-refractivity contribution >= 4 is 29.8 Å². The minimum atomic E-state index is -5.08. The first-order chi connectivity index (χ1) is 14.9. The van der Waals surface area contributed by atoms with E-state index in [0.717, 1.165) is 0 Å². The maximum absolute atomic E-state index is 10.9. The summed E-state index contributed by atoms with van der Waals surface area (Å²) in [7, 11) is 0. The van der Waals surface area contributed by atoms with Gasteiger partial charge in [0.1, 0.15) is 6.04 Å². The Kier molecular flexibility index (Phi) is 17.9. The Morgan fingerprint density at radius 1 is 1.00 bits per heavy atom. The molecule has 1 atom stereocenters. The van der Waals surface area contributed by atoms with E-state index in [0.29, 0.717) is 13.0 Å². The van der Waals surface area contributed by atoms with Crippen molar-refractivity contribution in [3.05, 3.63) is 0 Å². The minimum absolute atomic E-state index is 0.168. The summed E-state index contributed by atoms with van der Waals surface area (Å²) >= 11 is 0. The Morgan fingerprint density at radius 3 is 1.73 bits per heavy atom. The monoisotopic (exact) mass is 504 g/mol. The van der Waals surface area contributed by atoms with Crippen LogP contribution in [0.3, 0.4) is 0 Å². The number of halogens is 6. The molecule has 0 amide bonds. The first-order valence-corrected chi connectivity index (χ1v) is 8.30. The zero-order valence-corrected chi connectivity index (χ0v) is 16.7. The summed E-state index contributed by atoms with van der Waals surface area (Å²) in [6.07, 6.45) is -9.43. The van der Waals surface area contributed by atoms with E-state index in [2.05, 4.69) is 15.5 Å². The molecule has 0 radical (unpaired) electrons. The van der Waals surface area contributed by atoms with Gasteiger partial charge >= 0.3 is 36.2 Å².